The smallest absolute Gasteiger partial charge is 0.0730 e. The summed E-state index contributed by atoms with van der Waals surface area (Å²) in [6, 6.07) is 34.0. The quantitative estimate of drug-likeness (QED) is 0.250. The Balaban J connectivity index is 1.54. The lowest BCUT2D eigenvalue weighted by molar-refractivity contribution is 1.39. The highest BCUT2D eigenvalue weighted by Gasteiger charge is 2.10. The van der Waals surface area contributed by atoms with Crippen LogP contribution in [0.15, 0.2) is 108 Å². The van der Waals surface area contributed by atoms with Crippen molar-refractivity contribution in [2.24, 2.45) is 4.99 Å². The predicted octanol–water partition coefficient (Wildman–Crippen LogP) is 8.63. The van der Waals surface area contributed by atoms with E-state index in [0.717, 1.165) is 44.5 Å². The van der Waals surface area contributed by atoms with Gasteiger partial charge in [0.1, 0.15) is 0 Å². The highest BCUT2D eigenvalue weighted by molar-refractivity contribution is 6.33. The molecule has 4 aromatic carbocycles. The van der Waals surface area contributed by atoms with Gasteiger partial charge in [0.25, 0.3) is 0 Å². The lowest BCUT2D eigenvalue weighted by Crippen LogP contribution is -1.90. The van der Waals surface area contributed by atoms with Crippen LogP contribution in [0.5, 0.6) is 0 Å². The summed E-state index contributed by atoms with van der Waals surface area (Å²) >= 11 is 12.5. The van der Waals surface area contributed by atoms with Crippen LogP contribution in [-0.4, -0.2) is 11.2 Å². The van der Waals surface area contributed by atoms with Crippen molar-refractivity contribution in [2.75, 3.05) is 0 Å². The molecule has 5 rings (SSSR count). The van der Waals surface area contributed by atoms with Gasteiger partial charge in [-0.2, -0.15) is 0 Å². The second kappa shape index (κ2) is 8.96. The molecule has 0 saturated heterocycles. The van der Waals surface area contributed by atoms with Gasteiger partial charge in [-0.3, -0.25) is 4.99 Å². The first-order chi connectivity index (χ1) is 15.7. The maximum atomic E-state index is 6.27. The summed E-state index contributed by atoms with van der Waals surface area (Å²) in [5.74, 6) is 0. The van der Waals surface area contributed by atoms with E-state index >= 15 is 0 Å². The maximum Gasteiger partial charge on any atom is 0.0730 e. The van der Waals surface area contributed by atoms with Crippen LogP contribution in [0.3, 0.4) is 0 Å². The fourth-order valence-corrected chi connectivity index (χ4v) is 4.00. The number of fused-ring (bicyclic) bond motifs is 1. The van der Waals surface area contributed by atoms with Crippen molar-refractivity contribution in [3.8, 4) is 22.4 Å². The second-order valence-electron chi connectivity index (χ2n) is 7.41. The van der Waals surface area contributed by atoms with E-state index in [2.05, 4.69) is 23.2 Å². The Kier molecular flexibility index (Phi) is 5.72. The molecule has 0 bridgehead atoms. The molecule has 5 aromatic rings. The number of rotatable bonds is 4. The average molecular weight is 453 g/mol. The minimum absolute atomic E-state index is 0.672. The first-order valence-corrected chi connectivity index (χ1v) is 11.0. The molecule has 0 spiro atoms. The third-order valence-corrected chi connectivity index (χ3v) is 5.86. The third-order valence-electron chi connectivity index (χ3n) is 5.28. The molecule has 0 saturated carbocycles. The van der Waals surface area contributed by atoms with Crippen molar-refractivity contribution in [2.45, 2.75) is 0 Å². The maximum absolute atomic E-state index is 6.27. The molecule has 2 nitrogen and oxygen atoms in total. The van der Waals surface area contributed by atoms with Crippen molar-refractivity contribution in [1.29, 1.82) is 0 Å². The molecule has 4 heteroatoms. The SMILES string of the molecule is Clc1ccc2c(-c3ccccc3)cc(-c3ccc(N=Cc4ccccc4Cl)cc3)nc2c1. The number of halogens is 2. The molecule has 0 aliphatic heterocycles. The Morgan fingerprint density at radius 3 is 2.22 bits per heavy atom. The van der Waals surface area contributed by atoms with Crippen LogP contribution in [0.1, 0.15) is 5.56 Å². The zero-order chi connectivity index (χ0) is 21.9. The summed E-state index contributed by atoms with van der Waals surface area (Å²) in [5, 5.41) is 2.43. The largest absolute Gasteiger partial charge is 0.256 e. The first-order valence-electron chi connectivity index (χ1n) is 10.2. The minimum atomic E-state index is 0.672. The fourth-order valence-electron chi connectivity index (χ4n) is 3.65. The number of hydrogen-bond acceptors (Lipinski definition) is 2. The Hall–Kier alpha value is -3.46. The fraction of sp³-hybridized carbons (Fsp3) is 0. The van der Waals surface area contributed by atoms with Gasteiger partial charge in [0.05, 0.1) is 16.9 Å². The summed E-state index contributed by atoms with van der Waals surface area (Å²) in [6.07, 6.45) is 1.78. The summed E-state index contributed by atoms with van der Waals surface area (Å²) < 4.78 is 0. The van der Waals surface area contributed by atoms with Crippen LogP contribution in [0, 0.1) is 0 Å². The van der Waals surface area contributed by atoms with Gasteiger partial charge in [-0.1, -0.05) is 89.9 Å². The zero-order valence-electron chi connectivity index (χ0n) is 17.0. The van der Waals surface area contributed by atoms with E-state index in [1.54, 1.807) is 6.21 Å². The van der Waals surface area contributed by atoms with Crippen molar-refractivity contribution >= 4 is 46.0 Å². The van der Waals surface area contributed by atoms with Gasteiger partial charge in [-0.15, -0.1) is 0 Å². The summed E-state index contributed by atoms with van der Waals surface area (Å²) in [6.45, 7) is 0. The van der Waals surface area contributed by atoms with E-state index in [1.807, 2.05) is 84.9 Å². The molecule has 0 fully saturated rings. The van der Waals surface area contributed by atoms with Gasteiger partial charge < -0.3 is 0 Å². The zero-order valence-corrected chi connectivity index (χ0v) is 18.6. The van der Waals surface area contributed by atoms with Crippen LogP contribution in [0.2, 0.25) is 10.0 Å². The first kappa shape index (κ1) is 20.4. The van der Waals surface area contributed by atoms with E-state index < -0.39 is 0 Å². The van der Waals surface area contributed by atoms with Crippen molar-refractivity contribution < 1.29 is 0 Å². The number of benzene rings is 4. The lowest BCUT2D eigenvalue weighted by Gasteiger charge is -2.11. The molecule has 1 aromatic heterocycles. The summed E-state index contributed by atoms with van der Waals surface area (Å²) in [5.41, 5.74) is 6.78. The van der Waals surface area contributed by atoms with E-state index in [9.17, 15) is 0 Å². The Bertz CT molecular complexity index is 1430. The second-order valence-corrected chi connectivity index (χ2v) is 8.25. The molecule has 0 N–H and O–H groups in total. The van der Waals surface area contributed by atoms with Gasteiger partial charge in [-0.25, -0.2) is 4.98 Å². The number of pyridine rings is 1. The van der Waals surface area contributed by atoms with E-state index in [-0.39, 0.29) is 0 Å². The molecular weight excluding hydrogens is 435 g/mol. The summed E-state index contributed by atoms with van der Waals surface area (Å²) in [7, 11) is 0. The van der Waals surface area contributed by atoms with E-state index in [1.165, 1.54) is 0 Å². The summed E-state index contributed by atoms with van der Waals surface area (Å²) in [4.78, 5) is 9.44. The molecule has 0 atom stereocenters. The molecule has 0 aliphatic carbocycles. The normalized spacial score (nSPS) is 11.3. The number of aromatic nitrogens is 1. The minimum Gasteiger partial charge on any atom is -0.256 e. The molecule has 32 heavy (non-hydrogen) atoms. The Labute approximate surface area is 196 Å². The average Bonchev–Trinajstić information content (AvgIpc) is 2.83. The number of hydrogen-bond donors (Lipinski definition) is 0. The molecular formula is C28H18Cl2N2. The van der Waals surface area contributed by atoms with Gasteiger partial charge in [0.15, 0.2) is 0 Å². The van der Waals surface area contributed by atoms with Crippen molar-refractivity contribution in [1.82, 2.24) is 4.98 Å². The third kappa shape index (κ3) is 4.29. The molecule has 1 heterocycles. The predicted molar refractivity (Wildman–Crippen MR) is 136 cm³/mol. The van der Waals surface area contributed by atoms with Crippen molar-refractivity contribution in [3.63, 3.8) is 0 Å². The highest BCUT2D eigenvalue weighted by Crippen LogP contribution is 2.33. The molecule has 154 valence electrons. The van der Waals surface area contributed by atoms with Gasteiger partial charge in [0, 0.05) is 32.8 Å². The standard InChI is InChI=1S/C28H18Cl2N2/c29-22-12-15-24-25(19-6-2-1-3-7-19)17-27(32-28(24)16-22)20-10-13-23(14-11-20)31-18-21-8-4-5-9-26(21)30/h1-18H. The highest BCUT2D eigenvalue weighted by atomic mass is 35.5. The lowest BCUT2D eigenvalue weighted by atomic mass is 9.98. The van der Waals surface area contributed by atoms with Crippen LogP contribution < -0.4 is 0 Å². The monoisotopic (exact) mass is 452 g/mol. The van der Waals surface area contributed by atoms with Crippen molar-refractivity contribution in [3.05, 3.63) is 119 Å². The van der Waals surface area contributed by atoms with E-state index in [4.69, 9.17) is 28.2 Å². The Morgan fingerprint density at radius 2 is 1.44 bits per heavy atom. The van der Waals surface area contributed by atoms with E-state index in [0.29, 0.717) is 10.0 Å². The van der Waals surface area contributed by atoms with Crippen LogP contribution in [0.25, 0.3) is 33.3 Å². The molecule has 0 radical (unpaired) electrons. The van der Waals surface area contributed by atoms with Gasteiger partial charge in [-0.05, 0) is 47.5 Å². The number of nitrogens with zero attached hydrogens (tertiary/aromatic N) is 2. The van der Waals surface area contributed by atoms with Gasteiger partial charge in [0.2, 0.25) is 0 Å². The van der Waals surface area contributed by atoms with Crippen LogP contribution in [-0.2, 0) is 0 Å². The molecule has 0 aliphatic rings. The van der Waals surface area contributed by atoms with Crippen LogP contribution in [0.4, 0.5) is 5.69 Å². The molecule has 0 amide bonds. The van der Waals surface area contributed by atoms with Gasteiger partial charge >= 0.3 is 0 Å². The molecule has 0 unspecified atom stereocenters. The Morgan fingerprint density at radius 1 is 0.688 bits per heavy atom. The topological polar surface area (TPSA) is 25.2 Å². The van der Waals surface area contributed by atoms with Crippen LogP contribution >= 0.6 is 23.2 Å². The number of aliphatic imine (C=N–C) groups is 1.